The first kappa shape index (κ1) is 15.1. The normalized spacial score (nSPS) is 14.8. The molecule has 0 unspecified atom stereocenters. The molecular formula is C17H19N3O3. The van der Waals surface area contributed by atoms with Crippen LogP contribution in [0.15, 0.2) is 53.5 Å². The van der Waals surface area contributed by atoms with Gasteiger partial charge in [-0.05, 0) is 18.2 Å². The molecule has 1 aliphatic heterocycles. The fourth-order valence-corrected chi connectivity index (χ4v) is 2.77. The fourth-order valence-electron chi connectivity index (χ4n) is 2.77. The number of pyridine rings is 1. The molecule has 1 aromatic carbocycles. The number of phenols is 1. The first-order valence-electron chi connectivity index (χ1n) is 7.61. The number of phenolic OH excluding ortho intramolecular Hbond substituents is 1. The molecular weight excluding hydrogens is 294 g/mol. The molecule has 1 aromatic heterocycles. The van der Waals surface area contributed by atoms with E-state index in [0.717, 1.165) is 5.69 Å². The molecule has 1 aliphatic rings. The lowest BCUT2D eigenvalue weighted by Gasteiger charge is -2.36. The Bertz CT molecular complexity index is 748. The fraction of sp³-hybridized carbons (Fsp3) is 0.294. The second kappa shape index (κ2) is 6.56. The number of para-hydroxylation sites is 2. The number of benzene rings is 1. The monoisotopic (exact) mass is 313 g/mol. The van der Waals surface area contributed by atoms with Gasteiger partial charge in [0.1, 0.15) is 12.3 Å². The second-order valence-corrected chi connectivity index (χ2v) is 5.52. The number of hydrogen-bond donors (Lipinski definition) is 1. The number of anilines is 1. The summed E-state index contributed by atoms with van der Waals surface area (Å²) >= 11 is 0. The predicted molar refractivity (Wildman–Crippen MR) is 87.6 cm³/mol. The van der Waals surface area contributed by atoms with Gasteiger partial charge in [0.15, 0.2) is 0 Å². The number of hydrogen-bond acceptors (Lipinski definition) is 4. The lowest BCUT2D eigenvalue weighted by molar-refractivity contribution is -0.132. The van der Waals surface area contributed by atoms with Gasteiger partial charge >= 0.3 is 0 Å². The third-order valence-corrected chi connectivity index (χ3v) is 4.06. The minimum absolute atomic E-state index is 0.0600. The molecule has 120 valence electrons. The van der Waals surface area contributed by atoms with Gasteiger partial charge in [0.05, 0.1) is 5.69 Å². The average Bonchev–Trinajstić information content (AvgIpc) is 2.57. The van der Waals surface area contributed by atoms with Crippen molar-refractivity contribution in [3.63, 3.8) is 0 Å². The molecule has 1 amide bonds. The first-order valence-corrected chi connectivity index (χ1v) is 7.61. The van der Waals surface area contributed by atoms with E-state index in [1.54, 1.807) is 35.4 Å². The maximum absolute atomic E-state index is 12.3. The van der Waals surface area contributed by atoms with Crippen LogP contribution in [0.3, 0.4) is 0 Å². The smallest absolute Gasteiger partial charge is 0.250 e. The molecule has 2 heterocycles. The maximum Gasteiger partial charge on any atom is 0.250 e. The highest BCUT2D eigenvalue weighted by Crippen LogP contribution is 2.27. The Morgan fingerprint density at radius 3 is 2.39 bits per heavy atom. The van der Waals surface area contributed by atoms with Crippen LogP contribution < -0.4 is 10.5 Å². The SMILES string of the molecule is O=C(Cn1ccccc1=O)N1CCN(c2ccccc2O)CC1. The maximum atomic E-state index is 12.3. The molecule has 0 aliphatic carbocycles. The van der Waals surface area contributed by atoms with Crippen LogP contribution in [0.4, 0.5) is 5.69 Å². The van der Waals surface area contributed by atoms with Gasteiger partial charge in [0, 0.05) is 38.4 Å². The lowest BCUT2D eigenvalue weighted by atomic mass is 10.2. The molecule has 0 saturated carbocycles. The van der Waals surface area contributed by atoms with Crippen molar-refractivity contribution in [2.45, 2.75) is 6.54 Å². The van der Waals surface area contributed by atoms with E-state index in [-0.39, 0.29) is 23.8 Å². The van der Waals surface area contributed by atoms with Gasteiger partial charge in [0.25, 0.3) is 5.56 Å². The number of carbonyl (C=O) groups is 1. The third-order valence-electron chi connectivity index (χ3n) is 4.06. The summed E-state index contributed by atoms with van der Waals surface area (Å²) in [5, 5.41) is 9.90. The summed E-state index contributed by atoms with van der Waals surface area (Å²) in [6.07, 6.45) is 1.62. The lowest BCUT2D eigenvalue weighted by Crippen LogP contribution is -2.50. The number of nitrogens with zero attached hydrogens (tertiary/aromatic N) is 3. The molecule has 1 fully saturated rings. The summed E-state index contributed by atoms with van der Waals surface area (Å²) in [6, 6.07) is 12.1. The van der Waals surface area contributed by atoms with Crippen molar-refractivity contribution in [3.8, 4) is 5.75 Å². The van der Waals surface area contributed by atoms with Crippen molar-refractivity contribution in [3.05, 3.63) is 59.0 Å². The van der Waals surface area contributed by atoms with E-state index in [1.807, 2.05) is 12.1 Å². The highest BCUT2D eigenvalue weighted by molar-refractivity contribution is 5.76. The van der Waals surface area contributed by atoms with Crippen molar-refractivity contribution in [2.24, 2.45) is 0 Å². The Labute approximate surface area is 134 Å². The van der Waals surface area contributed by atoms with Crippen LogP contribution in [0.25, 0.3) is 0 Å². The molecule has 0 radical (unpaired) electrons. The van der Waals surface area contributed by atoms with Gasteiger partial charge in [-0.15, -0.1) is 0 Å². The molecule has 0 spiro atoms. The van der Waals surface area contributed by atoms with Crippen LogP contribution in [0.5, 0.6) is 5.75 Å². The summed E-state index contributed by atoms with van der Waals surface area (Å²) in [6.45, 7) is 2.54. The zero-order chi connectivity index (χ0) is 16.2. The van der Waals surface area contributed by atoms with Crippen LogP contribution >= 0.6 is 0 Å². The first-order chi connectivity index (χ1) is 11.1. The van der Waals surface area contributed by atoms with Crippen LogP contribution in [-0.4, -0.2) is 46.7 Å². The van der Waals surface area contributed by atoms with Crippen LogP contribution in [0, 0.1) is 0 Å². The van der Waals surface area contributed by atoms with E-state index in [0.29, 0.717) is 26.2 Å². The zero-order valence-corrected chi connectivity index (χ0v) is 12.8. The Kier molecular flexibility index (Phi) is 4.32. The Hall–Kier alpha value is -2.76. The van der Waals surface area contributed by atoms with Crippen LogP contribution in [-0.2, 0) is 11.3 Å². The van der Waals surface area contributed by atoms with Gasteiger partial charge in [-0.25, -0.2) is 0 Å². The van der Waals surface area contributed by atoms with Crippen LogP contribution in [0.1, 0.15) is 0 Å². The minimum atomic E-state index is -0.173. The number of aromatic hydroxyl groups is 1. The second-order valence-electron chi connectivity index (χ2n) is 5.52. The summed E-state index contributed by atoms with van der Waals surface area (Å²) < 4.78 is 1.41. The molecule has 1 saturated heterocycles. The van der Waals surface area contributed by atoms with E-state index in [2.05, 4.69) is 4.90 Å². The van der Waals surface area contributed by atoms with E-state index >= 15 is 0 Å². The molecule has 3 rings (SSSR count). The largest absolute Gasteiger partial charge is 0.506 e. The number of aromatic nitrogens is 1. The highest BCUT2D eigenvalue weighted by Gasteiger charge is 2.22. The molecule has 1 N–H and O–H groups in total. The van der Waals surface area contributed by atoms with Crippen molar-refractivity contribution in [2.75, 3.05) is 31.1 Å². The Morgan fingerprint density at radius 1 is 1.00 bits per heavy atom. The molecule has 2 aromatic rings. The highest BCUT2D eigenvalue weighted by atomic mass is 16.3. The van der Waals surface area contributed by atoms with Crippen LogP contribution in [0.2, 0.25) is 0 Å². The Balaban J connectivity index is 1.61. The summed E-state index contributed by atoms with van der Waals surface area (Å²) in [7, 11) is 0. The van der Waals surface area contributed by atoms with Crippen molar-refractivity contribution in [1.82, 2.24) is 9.47 Å². The minimum Gasteiger partial charge on any atom is -0.506 e. The summed E-state index contributed by atoms with van der Waals surface area (Å²) in [5.41, 5.74) is 0.618. The zero-order valence-electron chi connectivity index (χ0n) is 12.8. The Morgan fingerprint density at radius 2 is 1.70 bits per heavy atom. The van der Waals surface area contributed by atoms with Crippen molar-refractivity contribution < 1.29 is 9.90 Å². The van der Waals surface area contributed by atoms with E-state index in [1.165, 1.54) is 10.6 Å². The van der Waals surface area contributed by atoms with Gasteiger partial charge in [-0.2, -0.15) is 0 Å². The molecule has 6 heteroatoms. The summed E-state index contributed by atoms with van der Waals surface area (Å²) in [5.74, 6) is 0.193. The topological polar surface area (TPSA) is 65.8 Å². The molecule has 0 atom stereocenters. The van der Waals surface area contributed by atoms with Gasteiger partial charge in [-0.1, -0.05) is 18.2 Å². The molecule has 0 bridgehead atoms. The number of rotatable bonds is 3. The number of piperazine rings is 1. The van der Waals surface area contributed by atoms with E-state index in [9.17, 15) is 14.7 Å². The van der Waals surface area contributed by atoms with Gasteiger partial charge in [-0.3, -0.25) is 9.59 Å². The number of carbonyl (C=O) groups excluding carboxylic acids is 1. The van der Waals surface area contributed by atoms with Gasteiger partial charge < -0.3 is 19.5 Å². The molecule has 23 heavy (non-hydrogen) atoms. The third kappa shape index (κ3) is 3.36. The standard InChI is InChI=1S/C17H19N3O3/c21-15-6-2-1-5-14(15)18-9-11-19(12-10-18)17(23)13-20-8-4-3-7-16(20)22/h1-8,21H,9-13H2. The van der Waals surface area contributed by atoms with E-state index < -0.39 is 0 Å². The van der Waals surface area contributed by atoms with Crippen molar-refractivity contribution in [1.29, 1.82) is 0 Å². The molecule has 6 nitrogen and oxygen atoms in total. The number of amides is 1. The van der Waals surface area contributed by atoms with Gasteiger partial charge in [0.2, 0.25) is 5.91 Å². The van der Waals surface area contributed by atoms with E-state index in [4.69, 9.17) is 0 Å². The average molecular weight is 313 g/mol. The van der Waals surface area contributed by atoms with Crippen molar-refractivity contribution >= 4 is 11.6 Å². The summed E-state index contributed by atoms with van der Waals surface area (Å²) in [4.78, 5) is 27.8. The predicted octanol–water partition coefficient (Wildman–Crippen LogP) is 0.903. The quantitative estimate of drug-likeness (QED) is 0.914.